The van der Waals surface area contributed by atoms with Crippen LogP contribution >= 0.6 is 15.9 Å². The van der Waals surface area contributed by atoms with E-state index in [2.05, 4.69) is 15.9 Å². The minimum atomic E-state index is -0.216. The molecule has 0 saturated heterocycles. The highest BCUT2D eigenvalue weighted by Gasteiger charge is 2.28. The van der Waals surface area contributed by atoms with Gasteiger partial charge in [-0.05, 0) is 36.5 Å². The van der Waals surface area contributed by atoms with Gasteiger partial charge < -0.3 is 0 Å². The Hall–Kier alpha value is -0.370. The lowest BCUT2D eigenvalue weighted by Crippen LogP contribution is -2.21. The first kappa shape index (κ1) is 10.2. The molecule has 0 amide bonds. The second kappa shape index (κ2) is 4.43. The van der Waals surface area contributed by atoms with Gasteiger partial charge in [-0.1, -0.05) is 34.5 Å². The van der Waals surface area contributed by atoms with Crippen LogP contribution in [0.25, 0.3) is 0 Å². The largest absolute Gasteiger partial charge is 0.250 e. The summed E-state index contributed by atoms with van der Waals surface area (Å²) in [5.41, 5.74) is 1.15. The molecule has 1 fully saturated rings. The van der Waals surface area contributed by atoms with E-state index in [4.69, 9.17) is 0 Å². The lowest BCUT2D eigenvalue weighted by molar-refractivity contribution is 0.227. The number of benzene rings is 1. The van der Waals surface area contributed by atoms with Crippen molar-refractivity contribution >= 4 is 15.9 Å². The van der Waals surface area contributed by atoms with E-state index < -0.39 is 0 Å². The van der Waals surface area contributed by atoms with Gasteiger partial charge in [0.2, 0.25) is 0 Å². The van der Waals surface area contributed by atoms with E-state index in [9.17, 15) is 4.39 Å². The minimum Gasteiger partial charge on any atom is -0.250 e. The van der Waals surface area contributed by atoms with Gasteiger partial charge >= 0.3 is 0 Å². The van der Waals surface area contributed by atoms with Crippen molar-refractivity contribution in [1.29, 1.82) is 0 Å². The fourth-order valence-corrected chi connectivity index (χ4v) is 2.30. The first-order chi connectivity index (χ1) is 6.81. The molecule has 1 atom stereocenters. The van der Waals surface area contributed by atoms with E-state index in [1.54, 1.807) is 0 Å². The van der Waals surface area contributed by atoms with Crippen LogP contribution in [0.15, 0.2) is 28.7 Å². The average molecular weight is 257 g/mol. The van der Waals surface area contributed by atoms with Gasteiger partial charge in [0, 0.05) is 10.4 Å². The molecule has 0 aliphatic heterocycles. The van der Waals surface area contributed by atoms with E-state index in [1.807, 2.05) is 24.3 Å². The summed E-state index contributed by atoms with van der Waals surface area (Å²) in [4.78, 5) is 0. The second-order valence-electron chi connectivity index (χ2n) is 4.00. The van der Waals surface area contributed by atoms with Gasteiger partial charge in [0.25, 0.3) is 0 Å². The SMILES string of the molecule is FCC(c1ccc(Br)cc1)C1CCC1. The number of halogens is 2. The van der Waals surface area contributed by atoms with E-state index >= 15 is 0 Å². The molecule has 1 aromatic rings. The fourth-order valence-electron chi connectivity index (χ4n) is 2.04. The molecule has 1 aliphatic carbocycles. The summed E-state index contributed by atoms with van der Waals surface area (Å²) < 4.78 is 14.0. The summed E-state index contributed by atoms with van der Waals surface area (Å²) in [5.74, 6) is 0.720. The molecular weight excluding hydrogens is 243 g/mol. The molecule has 1 aliphatic rings. The Labute approximate surface area is 92.6 Å². The molecule has 1 unspecified atom stereocenters. The first-order valence-electron chi connectivity index (χ1n) is 5.12. The van der Waals surface area contributed by atoms with Crippen molar-refractivity contribution < 1.29 is 4.39 Å². The van der Waals surface area contributed by atoms with Gasteiger partial charge in [-0.3, -0.25) is 4.39 Å². The molecule has 1 aromatic carbocycles. The van der Waals surface area contributed by atoms with Gasteiger partial charge in [0.05, 0.1) is 6.67 Å². The molecule has 0 nitrogen and oxygen atoms in total. The smallest absolute Gasteiger partial charge is 0.0965 e. The summed E-state index contributed by atoms with van der Waals surface area (Å²) in [5, 5.41) is 0. The van der Waals surface area contributed by atoms with Crippen LogP contribution in [0, 0.1) is 5.92 Å². The highest BCUT2D eigenvalue weighted by molar-refractivity contribution is 9.10. The highest BCUT2D eigenvalue weighted by atomic mass is 79.9. The number of hydrogen-bond acceptors (Lipinski definition) is 0. The lowest BCUT2D eigenvalue weighted by Gasteiger charge is -2.32. The standard InChI is InChI=1S/C12H14BrF/c13-11-6-4-10(5-7-11)12(8-14)9-2-1-3-9/h4-7,9,12H,1-3,8H2. The van der Waals surface area contributed by atoms with Crippen LogP contribution in [-0.2, 0) is 0 Å². The minimum absolute atomic E-state index is 0.136. The van der Waals surface area contributed by atoms with Crippen LogP contribution in [0.3, 0.4) is 0 Å². The molecule has 0 N–H and O–H groups in total. The Morgan fingerprint density at radius 3 is 2.36 bits per heavy atom. The Morgan fingerprint density at radius 2 is 1.93 bits per heavy atom. The molecule has 0 spiro atoms. The summed E-state index contributed by atoms with van der Waals surface area (Å²) >= 11 is 3.39. The predicted octanol–water partition coefficient (Wildman–Crippen LogP) is 4.30. The molecule has 76 valence electrons. The number of rotatable bonds is 3. The quantitative estimate of drug-likeness (QED) is 0.757. The monoisotopic (exact) mass is 256 g/mol. The number of alkyl halides is 1. The second-order valence-corrected chi connectivity index (χ2v) is 4.92. The van der Waals surface area contributed by atoms with E-state index in [0.29, 0.717) is 5.92 Å². The van der Waals surface area contributed by atoms with Crippen molar-refractivity contribution in [1.82, 2.24) is 0 Å². The van der Waals surface area contributed by atoms with Gasteiger partial charge in [0.1, 0.15) is 0 Å². The van der Waals surface area contributed by atoms with Crippen molar-refractivity contribution in [3.8, 4) is 0 Å². The maximum Gasteiger partial charge on any atom is 0.0965 e. The Morgan fingerprint density at radius 1 is 1.29 bits per heavy atom. The van der Waals surface area contributed by atoms with Crippen LogP contribution < -0.4 is 0 Å². The zero-order chi connectivity index (χ0) is 9.97. The van der Waals surface area contributed by atoms with Crippen LogP contribution in [0.2, 0.25) is 0 Å². The Balaban J connectivity index is 2.14. The summed E-state index contributed by atoms with van der Waals surface area (Å²) in [7, 11) is 0. The molecule has 1 saturated carbocycles. The summed E-state index contributed by atoms with van der Waals surface area (Å²) in [6.45, 7) is -0.216. The molecular formula is C12H14BrF. The van der Waals surface area contributed by atoms with Crippen LogP contribution in [0.1, 0.15) is 30.7 Å². The molecule has 0 radical (unpaired) electrons. The highest BCUT2D eigenvalue weighted by Crippen LogP contribution is 2.39. The molecule has 2 rings (SSSR count). The van der Waals surface area contributed by atoms with Crippen molar-refractivity contribution in [3.05, 3.63) is 34.3 Å². The van der Waals surface area contributed by atoms with Gasteiger partial charge in [-0.15, -0.1) is 0 Å². The lowest BCUT2D eigenvalue weighted by atomic mass is 9.73. The van der Waals surface area contributed by atoms with Crippen molar-refractivity contribution in [2.24, 2.45) is 5.92 Å². The Kier molecular flexibility index (Phi) is 3.22. The third kappa shape index (κ3) is 2.00. The first-order valence-corrected chi connectivity index (χ1v) is 5.92. The van der Waals surface area contributed by atoms with Crippen molar-refractivity contribution in [2.75, 3.05) is 6.67 Å². The fraction of sp³-hybridized carbons (Fsp3) is 0.500. The zero-order valence-electron chi connectivity index (χ0n) is 8.05. The van der Waals surface area contributed by atoms with Crippen LogP contribution in [-0.4, -0.2) is 6.67 Å². The normalized spacial score (nSPS) is 19.0. The molecule has 0 bridgehead atoms. The van der Waals surface area contributed by atoms with Gasteiger partial charge in [-0.2, -0.15) is 0 Å². The number of hydrogen-bond donors (Lipinski definition) is 0. The summed E-state index contributed by atoms with van der Waals surface area (Å²) in [6.07, 6.45) is 3.67. The van der Waals surface area contributed by atoms with Crippen LogP contribution in [0.4, 0.5) is 4.39 Å². The summed E-state index contributed by atoms with van der Waals surface area (Å²) in [6, 6.07) is 8.06. The van der Waals surface area contributed by atoms with Crippen LogP contribution in [0.5, 0.6) is 0 Å². The molecule has 14 heavy (non-hydrogen) atoms. The molecule has 0 heterocycles. The van der Waals surface area contributed by atoms with E-state index in [1.165, 1.54) is 19.3 Å². The van der Waals surface area contributed by atoms with Crippen molar-refractivity contribution in [2.45, 2.75) is 25.2 Å². The molecule has 0 aromatic heterocycles. The van der Waals surface area contributed by atoms with Gasteiger partial charge in [-0.25, -0.2) is 0 Å². The van der Waals surface area contributed by atoms with Gasteiger partial charge in [0.15, 0.2) is 0 Å². The van der Waals surface area contributed by atoms with Crippen molar-refractivity contribution in [3.63, 3.8) is 0 Å². The predicted molar refractivity (Wildman–Crippen MR) is 60.2 cm³/mol. The third-order valence-electron chi connectivity index (χ3n) is 3.18. The van der Waals surface area contributed by atoms with E-state index in [-0.39, 0.29) is 12.6 Å². The topological polar surface area (TPSA) is 0 Å². The average Bonchev–Trinajstić information content (AvgIpc) is 2.13. The molecule has 2 heteroatoms. The Bertz CT molecular complexity index is 290. The third-order valence-corrected chi connectivity index (χ3v) is 3.71. The maximum atomic E-state index is 12.9. The maximum absolute atomic E-state index is 12.9. The van der Waals surface area contributed by atoms with E-state index in [0.717, 1.165) is 10.0 Å². The zero-order valence-corrected chi connectivity index (χ0v) is 9.63.